The lowest BCUT2D eigenvalue weighted by atomic mass is 10.2. The topological polar surface area (TPSA) is 66.4 Å². The summed E-state index contributed by atoms with van der Waals surface area (Å²) in [5.74, 6) is 0. The van der Waals surface area contributed by atoms with Crippen LogP contribution >= 0.6 is 0 Å². The predicted octanol–water partition coefficient (Wildman–Crippen LogP) is 1.75. The number of hydrogen-bond donors (Lipinski definition) is 2. The number of alkyl halides is 3. The van der Waals surface area contributed by atoms with Crippen LogP contribution in [0.1, 0.15) is 18.9 Å². The van der Waals surface area contributed by atoms with Crippen molar-refractivity contribution in [2.75, 3.05) is 6.61 Å². The molecule has 0 aliphatic rings. The van der Waals surface area contributed by atoms with Crippen LogP contribution in [0.3, 0.4) is 0 Å². The second-order valence-corrected chi connectivity index (χ2v) is 5.77. The molecule has 4 nitrogen and oxygen atoms in total. The third-order valence-corrected chi connectivity index (χ3v) is 4.02. The van der Waals surface area contributed by atoms with Crippen LogP contribution in [0.25, 0.3) is 0 Å². The third kappa shape index (κ3) is 4.48. The first kappa shape index (κ1) is 15.9. The van der Waals surface area contributed by atoms with Crippen LogP contribution in [0.2, 0.25) is 0 Å². The average molecular weight is 297 g/mol. The van der Waals surface area contributed by atoms with Gasteiger partial charge in [-0.1, -0.05) is 0 Å². The molecule has 108 valence electrons. The van der Waals surface area contributed by atoms with Gasteiger partial charge in [-0.25, -0.2) is 13.1 Å². The molecule has 1 atom stereocenters. The van der Waals surface area contributed by atoms with Crippen molar-refractivity contribution in [3.8, 4) is 0 Å². The van der Waals surface area contributed by atoms with Gasteiger partial charge in [0.25, 0.3) is 0 Å². The first-order valence-corrected chi connectivity index (χ1v) is 6.95. The fraction of sp³-hybridized carbons (Fsp3) is 0.455. The molecular formula is C11H14F3NO3S. The summed E-state index contributed by atoms with van der Waals surface area (Å²) in [6.45, 7) is 1.37. The van der Waals surface area contributed by atoms with E-state index in [1.807, 2.05) is 0 Å². The van der Waals surface area contributed by atoms with Gasteiger partial charge in [0.15, 0.2) is 0 Å². The van der Waals surface area contributed by atoms with Gasteiger partial charge in [0, 0.05) is 12.6 Å². The van der Waals surface area contributed by atoms with Crippen LogP contribution in [0, 0.1) is 0 Å². The van der Waals surface area contributed by atoms with Crippen molar-refractivity contribution < 1.29 is 26.7 Å². The molecule has 0 aliphatic carbocycles. The number of hydrogen-bond acceptors (Lipinski definition) is 3. The van der Waals surface area contributed by atoms with Crippen LogP contribution in [-0.2, 0) is 16.2 Å². The zero-order chi connectivity index (χ0) is 14.7. The molecule has 0 aromatic heterocycles. The Morgan fingerprint density at radius 1 is 1.26 bits per heavy atom. The van der Waals surface area contributed by atoms with E-state index in [-0.39, 0.29) is 17.9 Å². The summed E-state index contributed by atoms with van der Waals surface area (Å²) in [6, 6.07) is 2.72. The molecule has 0 saturated heterocycles. The Morgan fingerprint density at radius 2 is 1.79 bits per heavy atom. The Labute approximate surface area is 109 Å². The Balaban J connectivity index is 2.91. The molecule has 0 spiro atoms. The van der Waals surface area contributed by atoms with Crippen LogP contribution in [0.15, 0.2) is 29.2 Å². The second-order valence-electron chi connectivity index (χ2n) is 4.06. The molecule has 0 aliphatic heterocycles. The van der Waals surface area contributed by atoms with E-state index in [0.717, 1.165) is 12.1 Å². The van der Waals surface area contributed by atoms with E-state index < -0.39 is 27.8 Å². The highest BCUT2D eigenvalue weighted by molar-refractivity contribution is 7.89. The molecule has 0 fully saturated rings. The highest BCUT2D eigenvalue weighted by Gasteiger charge is 2.30. The minimum Gasteiger partial charge on any atom is -0.396 e. The molecular weight excluding hydrogens is 283 g/mol. The van der Waals surface area contributed by atoms with E-state index in [1.165, 1.54) is 0 Å². The first-order chi connectivity index (χ1) is 8.66. The lowest BCUT2D eigenvalue weighted by molar-refractivity contribution is -0.137. The standard InChI is InChI=1S/C11H14F3NO3S/c1-8(6-7-16)15-19(17,18)10-4-2-9(3-5-10)11(12,13)14/h2-5,8,15-16H,6-7H2,1H3. The molecule has 1 unspecified atom stereocenters. The van der Waals surface area contributed by atoms with Gasteiger partial charge in [0.1, 0.15) is 0 Å². The maximum Gasteiger partial charge on any atom is 0.416 e. The van der Waals surface area contributed by atoms with Crippen LogP contribution in [0.4, 0.5) is 13.2 Å². The van der Waals surface area contributed by atoms with E-state index in [4.69, 9.17) is 5.11 Å². The molecule has 2 N–H and O–H groups in total. The van der Waals surface area contributed by atoms with E-state index in [2.05, 4.69) is 4.72 Å². The summed E-state index contributed by atoms with van der Waals surface area (Å²) < 4.78 is 62.9. The first-order valence-electron chi connectivity index (χ1n) is 5.47. The maximum atomic E-state index is 12.3. The smallest absolute Gasteiger partial charge is 0.396 e. The van der Waals surface area contributed by atoms with Gasteiger partial charge in [-0.05, 0) is 37.6 Å². The van der Waals surface area contributed by atoms with Crippen molar-refractivity contribution in [3.63, 3.8) is 0 Å². The Bertz CT molecular complexity index is 511. The zero-order valence-corrected chi connectivity index (χ0v) is 10.9. The van der Waals surface area contributed by atoms with Gasteiger partial charge in [0.2, 0.25) is 10.0 Å². The van der Waals surface area contributed by atoms with Crippen molar-refractivity contribution in [1.82, 2.24) is 4.72 Å². The minimum absolute atomic E-state index is 0.184. The molecule has 1 aromatic carbocycles. The van der Waals surface area contributed by atoms with Crippen molar-refractivity contribution >= 4 is 10.0 Å². The van der Waals surface area contributed by atoms with Crippen molar-refractivity contribution in [1.29, 1.82) is 0 Å². The molecule has 0 heterocycles. The third-order valence-electron chi connectivity index (χ3n) is 2.41. The normalized spacial score (nSPS) is 14.4. The summed E-state index contributed by atoms with van der Waals surface area (Å²) in [6.07, 6.45) is -4.28. The highest BCUT2D eigenvalue weighted by atomic mass is 32.2. The summed E-state index contributed by atoms with van der Waals surface area (Å²) in [7, 11) is -3.87. The summed E-state index contributed by atoms with van der Waals surface area (Å²) in [5.41, 5.74) is -0.908. The number of sulfonamides is 1. The summed E-state index contributed by atoms with van der Waals surface area (Å²) in [5, 5.41) is 8.67. The van der Waals surface area contributed by atoms with E-state index >= 15 is 0 Å². The molecule has 1 aromatic rings. The summed E-state index contributed by atoms with van der Waals surface area (Å²) in [4.78, 5) is -0.245. The molecule has 8 heteroatoms. The number of benzene rings is 1. The Morgan fingerprint density at radius 3 is 2.21 bits per heavy atom. The average Bonchev–Trinajstić information content (AvgIpc) is 2.27. The summed E-state index contributed by atoms with van der Waals surface area (Å²) >= 11 is 0. The van der Waals surface area contributed by atoms with Crippen LogP contribution in [-0.4, -0.2) is 26.2 Å². The fourth-order valence-corrected chi connectivity index (χ4v) is 2.69. The zero-order valence-electron chi connectivity index (χ0n) is 10.1. The molecule has 0 amide bonds. The SMILES string of the molecule is CC(CCO)NS(=O)(=O)c1ccc(C(F)(F)F)cc1. The Hall–Kier alpha value is -1.12. The van der Waals surface area contributed by atoms with Crippen LogP contribution < -0.4 is 4.72 Å². The number of nitrogens with one attached hydrogen (secondary N) is 1. The maximum absolute atomic E-state index is 12.3. The largest absolute Gasteiger partial charge is 0.416 e. The molecule has 0 radical (unpaired) electrons. The number of rotatable bonds is 5. The second kappa shape index (κ2) is 5.89. The Kier molecular flexibility index (Phi) is 4.94. The number of aliphatic hydroxyl groups excluding tert-OH is 1. The van der Waals surface area contributed by atoms with E-state index in [9.17, 15) is 21.6 Å². The van der Waals surface area contributed by atoms with Gasteiger partial charge in [-0.2, -0.15) is 13.2 Å². The highest BCUT2D eigenvalue weighted by Crippen LogP contribution is 2.29. The lowest BCUT2D eigenvalue weighted by Crippen LogP contribution is -2.33. The number of aliphatic hydroxyl groups is 1. The van der Waals surface area contributed by atoms with Gasteiger partial charge in [-0.3, -0.25) is 0 Å². The monoisotopic (exact) mass is 297 g/mol. The van der Waals surface area contributed by atoms with Gasteiger partial charge in [0.05, 0.1) is 10.5 Å². The lowest BCUT2D eigenvalue weighted by Gasteiger charge is -2.13. The molecule has 0 bridgehead atoms. The molecule has 19 heavy (non-hydrogen) atoms. The predicted molar refractivity (Wildman–Crippen MR) is 62.9 cm³/mol. The van der Waals surface area contributed by atoms with Gasteiger partial charge in [-0.15, -0.1) is 0 Å². The van der Waals surface area contributed by atoms with Crippen molar-refractivity contribution in [2.24, 2.45) is 0 Å². The molecule has 1 rings (SSSR count). The van der Waals surface area contributed by atoms with Crippen molar-refractivity contribution in [2.45, 2.75) is 30.5 Å². The van der Waals surface area contributed by atoms with Crippen LogP contribution in [0.5, 0.6) is 0 Å². The fourth-order valence-electron chi connectivity index (χ4n) is 1.41. The van der Waals surface area contributed by atoms with Gasteiger partial charge >= 0.3 is 6.18 Å². The van der Waals surface area contributed by atoms with E-state index in [1.54, 1.807) is 6.92 Å². The van der Waals surface area contributed by atoms with Gasteiger partial charge < -0.3 is 5.11 Å². The van der Waals surface area contributed by atoms with E-state index in [0.29, 0.717) is 12.1 Å². The minimum atomic E-state index is -4.50. The quantitative estimate of drug-likeness (QED) is 0.870. The van der Waals surface area contributed by atoms with Crippen molar-refractivity contribution in [3.05, 3.63) is 29.8 Å². The molecule has 0 saturated carbocycles. The number of halogens is 3.